The molecule has 1 fully saturated rings. The normalized spacial score (nSPS) is 31.8. The summed E-state index contributed by atoms with van der Waals surface area (Å²) in [5.74, 6) is -0.237. The Morgan fingerprint density at radius 3 is 2.71 bits per heavy atom. The van der Waals surface area contributed by atoms with E-state index in [1.807, 2.05) is 24.3 Å². The first-order valence-electron chi connectivity index (χ1n) is 6.01. The standard InChI is InChI=1S/C14H15NO2/c16-13-8-7-12(17-13)14(9-4-10-15-14)11-5-2-1-3-6-11/h1-3,5-8,12,15H,4,9-10H2. The highest BCUT2D eigenvalue weighted by molar-refractivity contribution is 5.84. The van der Waals surface area contributed by atoms with Gasteiger partial charge in [0.1, 0.15) is 6.10 Å². The first-order chi connectivity index (χ1) is 8.31. The Kier molecular flexibility index (Phi) is 2.48. The van der Waals surface area contributed by atoms with Crippen molar-refractivity contribution in [3.05, 3.63) is 48.0 Å². The molecule has 1 saturated heterocycles. The maximum Gasteiger partial charge on any atom is 0.331 e. The molecule has 2 aliphatic heterocycles. The van der Waals surface area contributed by atoms with Crippen molar-refractivity contribution < 1.29 is 9.53 Å². The molecule has 0 aromatic heterocycles. The summed E-state index contributed by atoms with van der Waals surface area (Å²) in [6.07, 6.45) is 5.32. The fraction of sp³-hybridized carbons (Fsp3) is 0.357. The number of hydrogen-bond donors (Lipinski definition) is 1. The maximum atomic E-state index is 11.2. The van der Waals surface area contributed by atoms with Gasteiger partial charge in [-0.1, -0.05) is 30.3 Å². The van der Waals surface area contributed by atoms with Crippen molar-refractivity contribution in [1.82, 2.24) is 5.32 Å². The van der Waals surface area contributed by atoms with Gasteiger partial charge in [0, 0.05) is 6.08 Å². The third kappa shape index (κ3) is 1.67. The van der Waals surface area contributed by atoms with Crippen molar-refractivity contribution in [2.75, 3.05) is 6.54 Å². The zero-order valence-corrected chi connectivity index (χ0v) is 9.56. The van der Waals surface area contributed by atoms with Gasteiger partial charge < -0.3 is 10.1 Å². The van der Waals surface area contributed by atoms with E-state index in [9.17, 15) is 4.79 Å². The summed E-state index contributed by atoms with van der Waals surface area (Å²) >= 11 is 0. The van der Waals surface area contributed by atoms with E-state index in [1.165, 1.54) is 11.6 Å². The molecule has 3 heteroatoms. The number of carbonyl (C=O) groups is 1. The molecule has 1 aromatic carbocycles. The summed E-state index contributed by atoms with van der Waals surface area (Å²) in [4.78, 5) is 11.2. The lowest BCUT2D eigenvalue weighted by atomic mass is 9.83. The number of nitrogens with one attached hydrogen (secondary N) is 1. The van der Waals surface area contributed by atoms with Gasteiger partial charge in [-0.15, -0.1) is 0 Å². The van der Waals surface area contributed by atoms with E-state index < -0.39 is 0 Å². The Hall–Kier alpha value is -1.61. The monoisotopic (exact) mass is 229 g/mol. The first-order valence-corrected chi connectivity index (χ1v) is 6.01. The minimum atomic E-state index is -0.237. The van der Waals surface area contributed by atoms with Gasteiger partial charge in [-0.05, 0) is 31.0 Å². The quantitative estimate of drug-likeness (QED) is 0.785. The van der Waals surface area contributed by atoms with Gasteiger partial charge in [0.15, 0.2) is 0 Å². The van der Waals surface area contributed by atoms with Crippen LogP contribution in [0, 0.1) is 0 Å². The van der Waals surface area contributed by atoms with Crippen LogP contribution in [-0.2, 0) is 15.1 Å². The lowest BCUT2D eigenvalue weighted by Crippen LogP contribution is -2.47. The molecular formula is C14H15NO2. The fourth-order valence-electron chi connectivity index (χ4n) is 2.79. The van der Waals surface area contributed by atoms with Crippen molar-refractivity contribution in [2.45, 2.75) is 24.5 Å². The molecule has 3 nitrogen and oxygen atoms in total. The number of hydrogen-bond acceptors (Lipinski definition) is 3. The second kappa shape index (κ2) is 4.00. The van der Waals surface area contributed by atoms with Gasteiger partial charge in [0.2, 0.25) is 0 Å². The Morgan fingerprint density at radius 2 is 2.12 bits per heavy atom. The second-order valence-electron chi connectivity index (χ2n) is 4.58. The number of ether oxygens (including phenoxy) is 1. The van der Waals surface area contributed by atoms with E-state index in [-0.39, 0.29) is 17.6 Å². The van der Waals surface area contributed by atoms with Crippen LogP contribution in [0.15, 0.2) is 42.5 Å². The van der Waals surface area contributed by atoms with Gasteiger partial charge in [0.05, 0.1) is 5.54 Å². The van der Waals surface area contributed by atoms with Crippen LogP contribution in [0.4, 0.5) is 0 Å². The summed E-state index contributed by atoms with van der Waals surface area (Å²) in [5.41, 5.74) is 0.964. The van der Waals surface area contributed by atoms with Gasteiger partial charge >= 0.3 is 5.97 Å². The molecule has 0 spiro atoms. The SMILES string of the molecule is O=C1C=CC(C2(c3ccccc3)CCCN2)O1. The Labute approximate surface area is 100 Å². The molecule has 88 valence electrons. The van der Waals surface area contributed by atoms with Crippen LogP contribution in [-0.4, -0.2) is 18.6 Å². The highest BCUT2D eigenvalue weighted by atomic mass is 16.5. The van der Waals surface area contributed by atoms with E-state index in [0.717, 1.165) is 19.4 Å². The van der Waals surface area contributed by atoms with Crippen LogP contribution in [0.1, 0.15) is 18.4 Å². The Morgan fingerprint density at radius 1 is 1.29 bits per heavy atom. The fourth-order valence-corrected chi connectivity index (χ4v) is 2.79. The van der Waals surface area contributed by atoms with E-state index in [0.29, 0.717) is 0 Å². The van der Waals surface area contributed by atoms with Gasteiger partial charge in [0.25, 0.3) is 0 Å². The summed E-state index contributed by atoms with van der Waals surface area (Å²) < 4.78 is 5.39. The molecule has 0 aliphatic carbocycles. The van der Waals surface area contributed by atoms with E-state index in [1.54, 1.807) is 0 Å². The number of carbonyl (C=O) groups excluding carboxylic acids is 1. The van der Waals surface area contributed by atoms with E-state index in [4.69, 9.17) is 4.74 Å². The number of rotatable bonds is 2. The summed E-state index contributed by atoms with van der Waals surface area (Å²) in [6.45, 7) is 0.969. The molecule has 1 N–H and O–H groups in total. The van der Waals surface area contributed by atoms with Crippen LogP contribution in [0.25, 0.3) is 0 Å². The van der Waals surface area contributed by atoms with Crippen LogP contribution in [0.3, 0.4) is 0 Å². The van der Waals surface area contributed by atoms with Crippen LogP contribution >= 0.6 is 0 Å². The third-order valence-corrected chi connectivity index (χ3v) is 3.61. The molecule has 2 atom stereocenters. The van der Waals surface area contributed by atoms with E-state index >= 15 is 0 Å². The van der Waals surface area contributed by atoms with Gasteiger partial charge in [-0.2, -0.15) is 0 Å². The van der Waals surface area contributed by atoms with Crippen molar-refractivity contribution in [1.29, 1.82) is 0 Å². The van der Waals surface area contributed by atoms with E-state index in [2.05, 4.69) is 17.4 Å². The highest BCUT2D eigenvalue weighted by Gasteiger charge is 2.45. The van der Waals surface area contributed by atoms with Crippen LogP contribution in [0.5, 0.6) is 0 Å². The molecule has 3 rings (SSSR count). The number of esters is 1. The molecule has 0 saturated carbocycles. The predicted molar refractivity (Wildman–Crippen MR) is 64.4 cm³/mol. The largest absolute Gasteiger partial charge is 0.453 e. The minimum Gasteiger partial charge on any atom is -0.453 e. The predicted octanol–water partition coefficient (Wildman–Crippen LogP) is 1.75. The Balaban J connectivity index is 1.99. The lowest BCUT2D eigenvalue weighted by molar-refractivity contribution is -0.141. The molecule has 17 heavy (non-hydrogen) atoms. The number of cyclic esters (lactones) is 1. The average Bonchev–Trinajstić information content (AvgIpc) is 2.99. The topological polar surface area (TPSA) is 38.3 Å². The van der Waals surface area contributed by atoms with Crippen molar-refractivity contribution in [3.63, 3.8) is 0 Å². The van der Waals surface area contributed by atoms with Crippen LogP contribution < -0.4 is 5.32 Å². The van der Waals surface area contributed by atoms with Crippen molar-refractivity contribution >= 4 is 5.97 Å². The lowest BCUT2D eigenvalue weighted by Gasteiger charge is -2.34. The molecule has 0 bridgehead atoms. The molecule has 2 unspecified atom stereocenters. The summed E-state index contributed by atoms with van der Waals surface area (Å²) in [5, 5.41) is 3.52. The van der Waals surface area contributed by atoms with Crippen molar-refractivity contribution in [3.8, 4) is 0 Å². The zero-order chi connectivity index (χ0) is 11.7. The zero-order valence-electron chi connectivity index (χ0n) is 9.56. The Bertz CT molecular complexity index is 447. The average molecular weight is 229 g/mol. The first kappa shape index (κ1) is 10.5. The van der Waals surface area contributed by atoms with Gasteiger partial charge in [-0.3, -0.25) is 0 Å². The molecular weight excluding hydrogens is 214 g/mol. The second-order valence-corrected chi connectivity index (χ2v) is 4.58. The molecule has 0 radical (unpaired) electrons. The minimum absolute atomic E-state index is 0.181. The van der Waals surface area contributed by atoms with Gasteiger partial charge in [-0.25, -0.2) is 4.79 Å². The van der Waals surface area contributed by atoms with Crippen LogP contribution in [0.2, 0.25) is 0 Å². The number of benzene rings is 1. The molecule has 2 heterocycles. The summed E-state index contributed by atoms with van der Waals surface area (Å²) in [7, 11) is 0. The molecule has 1 aromatic rings. The molecule has 0 amide bonds. The highest BCUT2D eigenvalue weighted by Crippen LogP contribution is 2.37. The summed E-state index contributed by atoms with van der Waals surface area (Å²) in [6, 6.07) is 10.2. The third-order valence-electron chi connectivity index (χ3n) is 3.61. The molecule has 2 aliphatic rings. The maximum absolute atomic E-state index is 11.2. The van der Waals surface area contributed by atoms with Crippen molar-refractivity contribution in [2.24, 2.45) is 0 Å². The smallest absolute Gasteiger partial charge is 0.331 e.